The SMILES string of the molecule is CCn1nc(-c2ccc(F)c(F)c2)c(Br)c1C. The monoisotopic (exact) mass is 300 g/mol. The van der Waals surface area contributed by atoms with Crippen LogP contribution in [0.4, 0.5) is 8.78 Å². The third kappa shape index (κ3) is 2.11. The van der Waals surface area contributed by atoms with Crippen molar-refractivity contribution < 1.29 is 8.78 Å². The Labute approximate surface area is 106 Å². The number of aromatic nitrogens is 2. The molecule has 0 radical (unpaired) electrons. The third-order valence-electron chi connectivity index (χ3n) is 2.63. The van der Waals surface area contributed by atoms with Crippen LogP contribution in [0, 0.1) is 18.6 Å². The number of hydrogen-bond donors (Lipinski definition) is 0. The Kier molecular flexibility index (Phi) is 3.28. The van der Waals surface area contributed by atoms with Crippen LogP contribution in [0.5, 0.6) is 0 Å². The van der Waals surface area contributed by atoms with E-state index in [-0.39, 0.29) is 0 Å². The molecule has 0 spiro atoms. The van der Waals surface area contributed by atoms with Gasteiger partial charge in [0.1, 0.15) is 5.69 Å². The average Bonchev–Trinajstić information content (AvgIpc) is 2.60. The number of hydrogen-bond acceptors (Lipinski definition) is 1. The van der Waals surface area contributed by atoms with Crippen LogP contribution in [0.2, 0.25) is 0 Å². The van der Waals surface area contributed by atoms with Crippen molar-refractivity contribution in [2.24, 2.45) is 0 Å². The third-order valence-corrected chi connectivity index (χ3v) is 3.58. The van der Waals surface area contributed by atoms with Crippen molar-refractivity contribution in [2.45, 2.75) is 20.4 Å². The van der Waals surface area contributed by atoms with Gasteiger partial charge in [-0.1, -0.05) is 0 Å². The van der Waals surface area contributed by atoms with Crippen LogP contribution in [0.25, 0.3) is 11.3 Å². The standard InChI is InChI=1S/C12H11BrF2N2/c1-3-17-7(2)11(13)12(16-17)8-4-5-9(14)10(15)6-8/h4-6H,3H2,1-2H3. The molecule has 0 aliphatic carbocycles. The first-order chi connectivity index (χ1) is 8.04. The van der Waals surface area contributed by atoms with Crippen molar-refractivity contribution in [3.05, 3.63) is 40.0 Å². The fourth-order valence-corrected chi connectivity index (χ4v) is 2.17. The zero-order valence-electron chi connectivity index (χ0n) is 9.47. The fourth-order valence-electron chi connectivity index (χ4n) is 1.66. The van der Waals surface area contributed by atoms with Gasteiger partial charge in [-0.05, 0) is 48.0 Å². The summed E-state index contributed by atoms with van der Waals surface area (Å²) >= 11 is 3.42. The highest BCUT2D eigenvalue weighted by Crippen LogP contribution is 2.30. The van der Waals surface area contributed by atoms with Crippen molar-refractivity contribution in [1.82, 2.24) is 9.78 Å². The van der Waals surface area contributed by atoms with E-state index < -0.39 is 11.6 Å². The van der Waals surface area contributed by atoms with E-state index in [1.54, 1.807) is 4.68 Å². The van der Waals surface area contributed by atoms with Gasteiger partial charge in [0.25, 0.3) is 0 Å². The van der Waals surface area contributed by atoms with E-state index >= 15 is 0 Å². The summed E-state index contributed by atoms with van der Waals surface area (Å²) in [6.45, 7) is 4.62. The van der Waals surface area contributed by atoms with Crippen LogP contribution in [-0.4, -0.2) is 9.78 Å². The summed E-state index contributed by atoms with van der Waals surface area (Å²) in [4.78, 5) is 0. The van der Waals surface area contributed by atoms with Gasteiger partial charge in [-0.25, -0.2) is 8.78 Å². The molecule has 0 unspecified atom stereocenters. The molecule has 17 heavy (non-hydrogen) atoms. The van der Waals surface area contributed by atoms with Gasteiger partial charge < -0.3 is 0 Å². The molecule has 1 heterocycles. The van der Waals surface area contributed by atoms with E-state index in [1.165, 1.54) is 6.07 Å². The summed E-state index contributed by atoms with van der Waals surface area (Å²) in [6, 6.07) is 3.78. The molecule has 0 amide bonds. The second-order valence-electron chi connectivity index (χ2n) is 3.69. The Balaban J connectivity index is 2.56. The average molecular weight is 301 g/mol. The van der Waals surface area contributed by atoms with Crippen molar-refractivity contribution in [3.63, 3.8) is 0 Å². The molecule has 0 N–H and O–H groups in total. The molecule has 0 atom stereocenters. The molecule has 0 aliphatic heterocycles. The van der Waals surface area contributed by atoms with Crippen LogP contribution in [0.15, 0.2) is 22.7 Å². The minimum absolute atomic E-state index is 0.561. The van der Waals surface area contributed by atoms with E-state index in [0.717, 1.165) is 28.8 Å². The van der Waals surface area contributed by atoms with Gasteiger partial charge in [-0.15, -0.1) is 0 Å². The molecular weight excluding hydrogens is 290 g/mol. The van der Waals surface area contributed by atoms with Crippen molar-refractivity contribution in [1.29, 1.82) is 0 Å². The van der Waals surface area contributed by atoms with E-state index in [1.807, 2.05) is 13.8 Å². The molecule has 0 saturated heterocycles. The van der Waals surface area contributed by atoms with Crippen LogP contribution < -0.4 is 0 Å². The van der Waals surface area contributed by atoms with Crippen LogP contribution in [-0.2, 0) is 6.54 Å². The van der Waals surface area contributed by atoms with E-state index in [4.69, 9.17) is 0 Å². The maximum Gasteiger partial charge on any atom is 0.159 e. The van der Waals surface area contributed by atoms with E-state index in [9.17, 15) is 8.78 Å². The van der Waals surface area contributed by atoms with Crippen LogP contribution >= 0.6 is 15.9 Å². The van der Waals surface area contributed by atoms with E-state index in [2.05, 4.69) is 21.0 Å². The molecule has 5 heteroatoms. The topological polar surface area (TPSA) is 17.8 Å². The molecular formula is C12H11BrF2N2. The van der Waals surface area contributed by atoms with Crippen LogP contribution in [0.3, 0.4) is 0 Å². The summed E-state index contributed by atoms with van der Waals surface area (Å²) < 4.78 is 28.6. The van der Waals surface area contributed by atoms with Gasteiger partial charge in [0.05, 0.1) is 10.2 Å². The summed E-state index contributed by atoms with van der Waals surface area (Å²) in [7, 11) is 0. The smallest absolute Gasteiger partial charge is 0.159 e. The molecule has 2 aromatic rings. The summed E-state index contributed by atoms with van der Waals surface area (Å²) in [5, 5.41) is 4.35. The van der Waals surface area contributed by atoms with Gasteiger partial charge in [0, 0.05) is 12.1 Å². The second kappa shape index (κ2) is 4.56. The van der Waals surface area contributed by atoms with Gasteiger partial charge in [-0.3, -0.25) is 4.68 Å². The fraction of sp³-hybridized carbons (Fsp3) is 0.250. The molecule has 0 fully saturated rings. The number of benzene rings is 1. The number of halogens is 3. The van der Waals surface area contributed by atoms with Gasteiger partial charge in [0.15, 0.2) is 11.6 Å². The number of aryl methyl sites for hydroxylation is 1. The first kappa shape index (κ1) is 12.2. The predicted molar refractivity (Wildman–Crippen MR) is 65.7 cm³/mol. The number of rotatable bonds is 2. The van der Waals surface area contributed by atoms with E-state index in [0.29, 0.717) is 11.3 Å². The first-order valence-electron chi connectivity index (χ1n) is 5.23. The highest BCUT2D eigenvalue weighted by Gasteiger charge is 2.14. The lowest BCUT2D eigenvalue weighted by atomic mass is 10.1. The van der Waals surface area contributed by atoms with Gasteiger partial charge in [0.2, 0.25) is 0 Å². The lowest BCUT2D eigenvalue weighted by Crippen LogP contribution is -1.98. The first-order valence-corrected chi connectivity index (χ1v) is 6.02. The second-order valence-corrected chi connectivity index (χ2v) is 4.49. The molecule has 2 nitrogen and oxygen atoms in total. The molecule has 90 valence electrons. The molecule has 2 rings (SSSR count). The Morgan fingerprint density at radius 3 is 2.53 bits per heavy atom. The Morgan fingerprint density at radius 1 is 1.29 bits per heavy atom. The summed E-state index contributed by atoms with van der Waals surface area (Å²) in [5.41, 5.74) is 2.15. The zero-order chi connectivity index (χ0) is 12.6. The molecule has 1 aromatic heterocycles. The van der Waals surface area contributed by atoms with Gasteiger partial charge >= 0.3 is 0 Å². The zero-order valence-corrected chi connectivity index (χ0v) is 11.1. The molecule has 1 aromatic carbocycles. The number of nitrogens with zero attached hydrogens (tertiary/aromatic N) is 2. The van der Waals surface area contributed by atoms with Gasteiger partial charge in [-0.2, -0.15) is 5.10 Å². The molecule has 0 aliphatic rings. The Hall–Kier alpha value is -1.23. The van der Waals surface area contributed by atoms with Crippen LogP contribution in [0.1, 0.15) is 12.6 Å². The lowest BCUT2D eigenvalue weighted by molar-refractivity contribution is 0.509. The van der Waals surface area contributed by atoms with Crippen molar-refractivity contribution in [3.8, 4) is 11.3 Å². The highest BCUT2D eigenvalue weighted by molar-refractivity contribution is 9.10. The molecule has 0 bridgehead atoms. The minimum Gasteiger partial charge on any atom is -0.268 e. The normalized spacial score (nSPS) is 10.9. The maximum atomic E-state index is 13.2. The van der Waals surface area contributed by atoms with Crippen molar-refractivity contribution in [2.75, 3.05) is 0 Å². The quantitative estimate of drug-likeness (QED) is 0.822. The van der Waals surface area contributed by atoms with Crippen molar-refractivity contribution >= 4 is 15.9 Å². The predicted octanol–water partition coefficient (Wildman–Crippen LogP) is 3.92. The summed E-state index contributed by atoms with van der Waals surface area (Å²) in [6.07, 6.45) is 0. The molecule has 0 saturated carbocycles. The lowest BCUT2D eigenvalue weighted by Gasteiger charge is -1.99. The maximum absolute atomic E-state index is 13.2. The Bertz CT molecular complexity index is 564. The largest absolute Gasteiger partial charge is 0.268 e. The highest BCUT2D eigenvalue weighted by atomic mass is 79.9. The summed E-state index contributed by atoms with van der Waals surface area (Å²) in [5.74, 6) is -1.71. The Morgan fingerprint density at radius 2 is 2.00 bits per heavy atom. The minimum atomic E-state index is -0.863.